The fourth-order valence-electron chi connectivity index (χ4n) is 5.74. The Balaban J connectivity index is 1.67. The maximum absolute atomic E-state index is 13.9. The summed E-state index contributed by atoms with van der Waals surface area (Å²) >= 11 is 0. The van der Waals surface area contributed by atoms with E-state index in [-0.39, 0.29) is 54.2 Å². The molecule has 3 heterocycles. The first kappa shape index (κ1) is 35.1. The Labute approximate surface area is 282 Å². The largest absolute Gasteiger partial charge is 0.462 e. The lowest BCUT2D eigenvalue weighted by atomic mass is 9.79. The topological polar surface area (TPSA) is 129 Å². The van der Waals surface area contributed by atoms with Crippen LogP contribution in [0.1, 0.15) is 53.0 Å². The molecule has 0 aliphatic carbocycles. The molecule has 1 aromatic heterocycles. The van der Waals surface area contributed by atoms with E-state index in [1.165, 1.54) is 4.31 Å². The van der Waals surface area contributed by atoms with Crippen molar-refractivity contribution < 1.29 is 32.2 Å². The molecule has 48 heavy (non-hydrogen) atoms. The average Bonchev–Trinajstić information content (AvgIpc) is 3.52. The molecule has 11 nitrogen and oxygen atoms in total. The van der Waals surface area contributed by atoms with E-state index in [1.54, 1.807) is 42.8 Å². The Bertz CT molecular complexity index is 1760. The van der Waals surface area contributed by atoms with Gasteiger partial charge in [-0.2, -0.15) is 9.40 Å². The van der Waals surface area contributed by atoms with Gasteiger partial charge < -0.3 is 19.5 Å². The highest BCUT2D eigenvalue weighted by Gasteiger charge is 2.40. The van der Waals surface area contributed by atoms with Crippen LogP contribution in [0, 0.1) is 11.8 Å². The molecule has 0 atom stereocenters. The van der Waals surface area contributed by atoms with Crippen LogP contribution in [0.5, 0.6) is 0 Å². The van der Waals surface area contributed by atoms with Crippen molar-refractivity contribution in [3.63, 3.8) is 0 Å². The number of rotatable bonds is 11. The monoisotopic (exact) mass is 676 g/mol. The van der Waals surface area contributed by atoms with Crippen molar-refractivity contribution in [2.24, 2.45) is 11.8 Å². The Morgan fingerprint density at radius 3 is 1.94 bits per heavy atom. The van der Waals surface area contributed by atoms with Gasteiger partial charge in [0.25, 0.3) is 0 Å². The molecule has 0 spiro atoms. The number of para-hydroxylation sites is 1. The molecule has 12 heteroatoms. The van der Waals surface area contributed by atoms with Crippen LogP contribution in [0.25, 0.3) is 16.9 Å². The van der Waals surface area contributed by atoms with E-state index in [4.69, 9.17) is 19.3 Å². The van der Waals surface area contributed by atoms with Gasteiger partial charge in [0.2, 0.25) is 10.0 Å². The first-order valence-electron chi connectivity index (χ1n) is 16.2. The van der Waals surface area contributed by atoms with Crippen molar-refractivity contribution in [1.82, 2.24) is 19.4 Å². The molecular formula is C36H44N4O7S. The van der Waals surface area contributed by atoms with Crippen molar-refractivity contribution in [2.45, 2.75) is 52.4 Å². The quantitative estimate of drug-likeness (QED) is 0.273. The second-order valence-electron chi connectivity index (χ2n) is 12.9. The summed E-state index contributed by atoms with van der Waals surface area (Å²) in [5, 5.41) is 8.18. The number of carbonyl (C=O) groups is 2. The minimum atomic E-state index is -3.73. The number of esters is 2. The molecule has 0 radical (unpaired) electrons. The van der Waals surface area contributed by atoms with E-state index in [0.717, 1.165) is 5.69 Å². The summed E-state index contributed by atoms with van der Waals surface area (Å²) in [6.45, 7) is 13.0. The van der Waals surface area contributed by atoms with Crippen molar-refractivity contribution in [2.75, 3.05) is 39.5 Å². The van der Waals surface area contributed by atoms with Crippen LogP contribution in [-0.4, -0.2) is 74.0 Å². The lowest BCUT2D eigenvalue weighted by Gasteiger charge is -2.30. The lowest BCUT2D eigenvalue weighted by Crippen LogP contribution is -2.40. The molecule has 2 aliphatic heterocycles. The summed E-state index contributed by atoms with van der Waals surface area (Å²) < 4.78 is 46.8. The summed E-state index contributed by atoms with van der Waals surface area (Å²) in [6.07, 6.45) is 1.81. The van der Waals surface area contributed by atoms with Crippen LogP contribution in [0.15, 0.2) is 88.2 Å². The standard InChI is InChI=1S/C36H44N4O7S/c1-23(2)21-46-35(41)31-25(5)37-26(6)32(36(42)47-22-24(3)4)33(31)30-20-40(28-10-8-7-9-11-28)38-34(30)27-12-14-29(15-13-27)48(43,44)39-16-18-45-19-17-39/h7-15,20,23-24,33,37H,16-19,21-22H2,1-6H3. The Morgan fingerprint density at radius 1 is 0.875 bits per heavy atom. The zero-order chi connectivity index (χ0) is 34.6. The van der Waals surface area contributed by atoms with E-state index in [2.05, 4.69) is 5.32 Å². The average molecular weight is 677 g/mol. The van der Waals surface area contributed by atoms with Crippen molar-refractivity contribution in [3.05, 3.63) is 88.9 Å². The van der Waals surface area contributed by atoms with Gasteiger partial charge in [-0.15, -0.1) is 0 Å². The number of nitrogens with one attached hydrogen (secondary N) is 1. The van der Waals surface area contributed by atoms with Crippen LogP contribution in [-0.2, 0) is 33.8 Å². The van der Waals surface area contributed by atoms with E-state index >= 15 is 0 Å². The number of nitrogens with zero attached hydrogens (tertiary/aromatic N) is 3. The summed E-state index contributed by atoms with van der Waals surface area (Å²) in [6, 6.07) is 16.0. The minimum absolute atomic E-state index is 0.0984. The van der Waals surface area contributed by atoms with Crippen molar-refractivity contribution in [1.29, 1.82) is 0 Å². The third-order valence-corrected chi connectivity index (χ3v) is 10.0. The zero-order valence-electron chi connectivity index (χ0n) is 28.4. The molecule has 256 valence electrons. The number of dihydropyridines is 1. The maximum atomic E-state index is 13.9. The second kappa shape index (κ2) is 14.9. The van der Waals surface area contributed by atoms with Crippen LogP contribution >= 0.6 is 0 Å². The van der Waals surface area contributed by atoms with Crippen molar-refractivity contribution in [3.8, 4) is 16.9 Å². The molecule has 2 aromatic carbocycles. The molecule has 0 amide bonds. The Kier molecular flexibility index (Phi) is 10.9. The summed E-state index contributed by atoms with van der Waals surface area (Å²) in [5.74, 6) is -1.80. The van der Waals surface area contributed by atoms with Gasteiger partial charge >= 0.3 is 11.9 Å². The molecule has 1 fully saturated rings. The van der Waals surface area contributed by atoms with Crippen LogP contribution in [0.2, 0.25) is 0 Å². The molecule has 5 rings (SSSR count). The van der Waals surface area contributed by atoms with Gasteiger partial charge in [0.1, 0.15) is 0 Å². The lowest BCUT2D eigenvalue weighted by molar-refractivity contribution is -0.141. The molecule has 3 aromatic rings. The second-order valence-corrected chi connectivity index (χ2v) is 14.8. The third-order valence-electron chi connectivity index (χ3n) is 8.11. The number of sulfonamides is 1. The highest BCUT2D eigenvalue weighted by atomic mass is 32.2. The van der Waals surface area contributed by atoms with E-state index in [9.17, 15) is 18.0 Å². The predicted molar refractivity (Wildman–Crippen MR) is 181 cm³/mol. The van der Waals surface area contributed by atoms with E-state index < -0.39 is 27.9 Å². The van der Waals surface area contributed by atoms with Crippen LogP contribution in [0.4, 0.5) is 0 Å². The fourth-order valence-corrected chi connectivity index (χ4v) is 7.15. The van der Waals surface area contributed by atoms with Gasteiger partial charge in [0, 0.05) is 41.8 Å². The Hall–Kier alpha value is -4.26. The van der Waals surface area contributed by atoms with E-state index in [0.29, 0.717) is 41.4 Å². The first-order chi connectivity index (χ1) is 22.9. The molecule has 0 saturated carbocycles. The molecule has 0 unspecified atom stereocenters. The number of carbonyl (C=O) groups excluding carboxylic acids is 2. The Morgan fingerprint density at radius 2 is 1.42 bits per heavy atom. The third kappa shape index (κ3) is 7.56. The van der Waals surface area contributed by atoms with Gasteiger partial charge in [0.15, 0.2) is 0 Å². The highest BCUT2D eigenvalue weighted by molar-refractivity contribution is 7.89. The van der Waals surface area contributed by atoms with E-state index in [1.807, 2.05) is 64.2 Å². The molecule has 1 N–H and O–H groups in total. The predicted octanol–water partition coefficient (Wildman–Crippen LogP) is 5.19. The maximum Gasteiger partial charge on any atom is 0.336 e. The van der Waals surface area contributed by atoms with Crippen LogP contribution < -0.4 is 5.32 Å². The number of benzene rings is 2. The molecular weight excluding hydrogens is 632 g/mol. The number of morpholine rings is 1. The smallest absolute Gasteiger partial charge is 0.336 e. The van der Waals surface area contributed by atoms with Crippen molar-refractivity contribution >= 4 is 22.0 Å². The number of hydrogen-bond acceptors (Lipinski definition) is 9. The molecule has 0 bridgehead atoms. The number of allylic oxidation sites excluding steroid dienone is 2. The number of ether oxygens (including phenoxy) is 3. The normalized spacial score (nSPS) is 16.4. The van der Waals surface area contributed by atoms with Gasteiger partial charge in [-0.05, 0) is 49.9 Å². The zero-order valence-corrected chi connectivity index (χ0v) is 29.2. The van der Waals surface area contributed by atoms with Crippen LogP contribution in [0.3, 0.4) is 0 Å². The molecule has 2 aliphatic rings. The number of aromatic nitrogens is 2. The summed E-state index contributed by atoms with van der Waals surface area (Å²) in [5.41, 5.74) is 4.07. The first-order valence-corrected chi connectivity index (χ1v) is 17.7. The summed E-state index contributed by atoms with van der Waals surface area (Å²) in [4.78, 5) is 27.9. The SMILES string of the molecule is CC1=C(C(=O)OCC(C)C)C(c2cn(-c3ccccc3)nc2-c2ccc(S(=O)(=O)N3CCOCC3)cc2)C(C(=O)OCC(C)C)=C(C)N1. The van der Waals surface area contributed by atoms with Gasteiger partial charge in [0.05, 0.1) is 59.8 Å². The van der Waals surface area contributed by atoms with Gasteiger partial charge in [-0.25, -0.2) is 22.7 Å². The highest BCUT2D eigenvalue weighted by Crippen LogP contribution is 2.43. The fraction of sp³-hybridized carbons (Fsp3) is 0.417. The summed E-state index contributed by atoms with van der Waals surface area (Å²) in [7, 11) is -3.73. The number of hydrogen-bond donors (Lipinski definition) is 1. The van der Waals surface area contributed by atoms with Gasteiger partial charge in [-0.3, -0.25) is 0 Å². The molecule has 1 saturated heterocycles. The van der Waals surface area contributed by atoms with Gasteiger partial charge in [-0.1, -0.05) is 58.0 Å². The minimum Gasteiger partial charge on any atom is -0.462 e.